The van der Waals surface area contributed by atoms with Crippen LogP contribution in [0.1, 0.15) is 36.7 Å². The maximum atomic E-state index is 12.7. The number of benzene rings is 2. The molecule has 0 aliphatic carbocycles. The van der Waals surface area contributed by atoms with Crippen LogP contribution >= 0.6 is 23.2 Å². The summed E-state index contributed by atoms with van der Waals surface area (Å²) in [6.07, 6.45) is 0. The number of nitrogens with zero attached hydrogens (tertiary/aromatic N) is 1. The average molecular weight is 394 g/mol. The summed E-state index contributed by atoms with van der Waals surface area (Å²) < 4.78 is 4.99. The van der Waals surface area contributed by atoms with E-state index in [4.69, 9.17) is 27.9 Å². The minimum absolute atomic E-state index is 0.0418. The van der Waals surface area contributed by atoms with Gasteiger partial charge in [0.25, 0.3) is 0 Å². The maximum Gasteiger partial charge on any atom is 0.338 e. The number of esters is 1. The second kappa shape index (κ2) is 9.06. The van der Waals surface area contributed by atoms with E-state index in [-0.39, 0.29) is 17.8 Å². The predicted octanol–water partition coefficient (Wildman–Crippen LogP) is 5.36. The molecule has 26 heavy (non-hydrogen) atoms. The Morgan fingerprint density at radius 3 is 2.27 bits per heavy atom. The summed E-state index contributed by atoms with van der Waals surface area (Å²) in [4.78, 5) is 26.2. The van der Waals surface area contributed by atoms with Crippen LogP contribution in [0.15, 0.2) is 42.5 Å². The van der Waals surface area contributed by atoms with Crippen molar-refractivity contribution in [3.05, 3.63) is 63.6 Å². The van der Waals surface area contributed by atoms with Crippen LogP contribution in [0.3, 0.4) is 0 Å². The summed E-state index contributed by atoms with van der Waals surface area (Å²) in [5, 5.41) is 1.04. The Labute approximate surface area is 163 Å². The number of amides is 1. The van der Waals surface area contributed by atoms with Crippen molar-refractivity contribution in [3.8, 4) is 0 Å². The molecule has 0 saturated heterocycles. The average Bonchev–Trinajstić information content (AvgIpc) is 2.61. The van der Waals surface area contributed by atoms with Gasteiger partial charge in [0.2, 0.25) is 5.91 Å². The zero-order chi connectivity index (χ0) is 19.3. The summed E-state index contributed by atoms with van der Waals surface area (Å²) >= 11 is 12.2. The summed E-state index contributed by atoms with van der Waals surface area (Å²) in [6.45, 7) is 6.06. The van der Waals surface area contributed by atoms with E-state index in [1.54, 1.807) is 54.3 Å². The molecule has 0 aliphatic heterocycles. The van der Waals surface area contributed by atoms with Crippen molar-refractivity contribution in [2.75, 3.05) is 11.5 Å². The number of carbonyl (C=O) groups is 2. The third-order valence-corrected chi connectivity index (χ3v) is 4.38. The first-order chi connectivity index (χ1) is 12.3. The van der Waals surface area contributed by atoms with Crippen molar-refractivity contribution in [1.29, 1.82) is 0 Å². The van der Waals surface area contributed by atoms with Crippen molar-refractivity contribution in [2.24, 2.45) is 5.92 Å². The highest BCUT2D eigenvalue weighted by Gasteiger charge is 2.21. The molecule has 2 aromatic rings. The molecule has 4 nitrogen and oxygen atoms in total. The lowest BCUT2D eigenvalue weighted by Crippen LogP contribution is -2.33. The van der Waals surface area contributed by atoms with Gasteiger partial charge in [0.15, 0.2) is 0 Å². The first-order valence-corrected chi connectivity index (χ1v) is 9.11. The van der Waals surface area contributed by atoms with Crippen LogP contribution in [0.2, 0.25) is 10.0 Å². The Bertz CT molecular complexity index is 788. The molecule has 138 valence electrons. The molecule has 0 atom stereocenters. The molecule has 0 aromatic heterocycles. The molecule has 2 aromatic carbocycles. The van der Waals surface area contributed by atoms with E-state index in [9.17, 15) is 9.59 Å². The van der Waals surface area contributed by atoms with E-state index >= 15 is 0 Å². The largest absolute Gasteiger partial charge is 0.462 e. The van der Waals surface area contributed by atoms with Crippen LogP contribution < -0.4 is 4.90 Å². The molecule has 2 rings (SSSR count). The van der Waals surface area contributed by atoms with Crippen molar-refractivity contribution in [2.45, 2.75) is 27.3 Å². The number of halogens is 2. The molecule has 0 spiro atoms. The van der Waals surface area contributed by atoms with Crippen molar-refractivity contribution in [1.82, 2.24) is 0 Å². The van der Waals surface area contributed by atoms with E-state index in [0.29, 0.717) is 34.4 Å². The Morgan fingerprint density at radius 2 is 1.73 bits per heavy atom. The van der Waals surface area contributed by atoms with E-state index in [1.165, 1.54) is 0 Å². The van der Waals surface area contributed by atoms with E-state index in [0.717, 1.165) is 5.56 Å². The first-order valence-electron chi connectivity index (χ1n) is 8.36. The number of hydrogen-bond acceptors (Lipinski definition) is 3. The molecule has 0 aliphatic rings. The Hall–Kier alpha value is -2.04. The lowest BCUT2D eigenvalue weighted by molar-refractivity contribution is -0.121. The van der Waals surface area contributed by atoms with Crippen molar-refractivity contribution in [3.63, 3.8) is 0 Å². The molecule has 0 N–H and O–H groups in total. The highest BCUT2D eigenvalue weighted by Crippen LogP contribution is 2.26. The molecule has 0 bridgehead atoms. The predicted molar refractivity (Wildman–Crippen MR) is 105 cm³/mol. The number of hydrogen-bond donors (Lipinski definition) is 0. The maximum absolute atomic E-state index is 12.7. The minimum atomic E-state index is -0.387. The van der Waals surface area contributed by atoms with Crippen LogP contribution in [0.4, 0.5) is 5.69 Å². The number of ether oxygens (including phenoxy) is 1. The fourth-order valence-corrected chi connectivity index (χ4v) is 2.89. The monoisotopic (exact) mass is 393 g/mol. The minimum Gasteiger partial charge on any atom is -0.462 e. The molecular weight excluding hydrogens is 373 g/mol. The SMILES string of the molecule is CCOC(=O)c1ccc(N(Cc2ccc(Cl)cc2Cl)C(=O)C(C)C)cc1. The van der Waals surface area contributed by atoms with Gasteiger partial charge in [0.05, 0.1) is 18.7 Å². The summed E-state index contributed by atoms with van der Waals surface area (Å²) in [5.41, 5.74) is 1.92. The van der Waals surface area contributed by atoms with Gasteiger partial charge < -0.3 is 9.64 Å². The van der Waals surface area contributed by atoms with Gasteiger partial charge in [-0.2, -0.15) is 0 Å². The fourth-order valence-electron chi connectivity index (χ4n) is 2.42. The number of anilines is 1. The normalized spacial score (nSPS) is 10.7. The molecule has 0 saturated carbocycles. The molecular formula is C20H21Cl2NO3. The van der Waals surface area contributed by atoms with Gasteiger partial charge in [-0.05, 0) is 48.9 Å². The van der Waals surface area contributed by atoms with Gasteiger partial charge in [-0.1, -0.05) is 43.1 Å². The van der Waals surface area contributed by atoms with Crippen LogP contribution in [-0.2, 0) is 16.1 Å². The van der Waals surface area contributed by atoms with E-state index < -0.39 is 0 Å². The summed E-state index contributed by atoms with van der Waals surface area (Å²) in [6, 6.07) is 12.0. The molecule has 0 unspecified atom stereocenters. The third kappa shape index (κ3) is 4.99. The molecule has 0 radical (unpaired) electrons. The van der Waals surface area contributed by atoms with Crippen LogP contribution in [0.5, 0.6) is 0 Å². The van der Waals surface area contributed by atoms with Gasteiger partial charge in [-0.25, -0.2) is 4.79 Å². The van der Waals surface area contributed by atoms with Gasteiger partial charge >= 0.3 is 5.97 Å². The fraction of sp³-hybridized carbons (Fsp3) is 0.300. The third-order valence-electron chi connectivity index (χ3n) is 3.79. The standard InChI is InChI=1S/C20H21Cl2NO3/c1-4-26-20(25)14-6-9-17(10-7-14)23(19(24)13(2)3)12-15-5-8-16(21)11-18(15)22/h5-11,13H,4,12H2,1-3H3. The lowest BCUT2D eigenvalue weighted by atomic mass is 10.1. The first kappa shape index (κ1) is 20.3. The van der Waals surface area contributed by atoms with E-state index in [2.05, 4.69) is 0 Å². The lowest BCUT2D eigenvalue weighted by Gasteiger charge is -2.25. The Kier molecular flexibility index (Phi) is 7.06. The zero-order valence-corrected chi connectivity index (χ0v) is 16.5. The highest BCUT2D eigenvalue weighted by molar-refractivity contribution is 6.35. The summed E-state index contributed by atoms with van der Waals surface area (Å²) in [7, 11) is 0. The van der Waals surface area contributed by atoms with Crippen molar-refractivity contribution >= 4 is 40.8 Å². The smallest absolute Gasteiger partial charge is 0.338 e. The highest BCUT2D eigenvalue weighted by atomic mass is 35.5. The van der Waals surface area contributed by atoms with Crippen molar-refractivity contribution < 1.29 is 14.3 Å². The quantitative estimate of drug-likeness (QED) is 0.620. The van der Waals surface area contributed by atoms with Crippen LogP contribution in [-0.4, -0.2) is 18.5 Å². The van der Waals surface area contributed by atoms with Crippen LogP contribution in [0, 0.1) is 5.92 Å². The Morgan fingerprint density at radius 1 is 1.08 bits per heavy atom. The van der Waals surface area contributed by atoms with Gasteiger partial charge in [-0.15, -0.1) is 0 Å². The number of carbonyl (C=O) groups excluding carboxylic acids is 2. The van der Waals surface area contributed by atoms with Crippen LogP contribution in [0.25, 0.3) is 0 Å². The number of rotatable bonds is 6. The molecule has 1 amide bonds. The molecule has 0 fully saturated rings. The zero-order valence-electron chi connectivity index (χ0n) is 15.0. The second-order valence-corrected chi connectivity index (χ2v) is 6.93. The van der Waals surface area contributed by atoms with Gasteiger partial charge in [0, 0.05) is 21.7 Å². The van der Waals surface area contributed by atoms with E-state index in [1.807, 2.05) is 13.8 Å². The van der Waals surface area contributed by atoms with Gasteiger partial charge in [0.1, 0.15) is 0 Å². The second-order valence-electron chi connectivity index (χ2n) is 6.08. The molecule has 6 heteroatoms. The topological polar surface area (TPSA) is 46.6 Å². The molecule has 0 heterocycles. The Balaban J connectivity index is 2.33. The van der Waals surface area contributed by atoms with Gasteiger partial charge in [-0.3, -0.25) is 4.79 Å². The summed E-state index contributed by atoms with van der Waals surface area (Å²) in [5.74, 6) is -0.618.